The van der Waals surface area contributed by atoms with Crippen LogP contribution in [-0.2, 0) is 9.30 Å². The molecule has 0 aliphatic carbocycles. The minimum Gasteiger partial charge on any atom is -0.388 e. The molecule has 4 atom stereocenters. The molecule has 4 aromatic rings. The summed E-state index contributed by atoms with van der Waals surface area (Å²) >= 11 is 6.22. The highest BCUT2D eigenvalue weighted by Gasteiger charge is 2.44. The number of fused-ring (bicyclic) bond motifs is 2. The molecule has 13 heteroatoms. The van der Waals surface area contributed by atoms with E-state index in [1.807, 2.05) is 25.1 Å². The van der Waals surface area contributed by atoms with Crippen LogP contribution < -0.4 is 5.32 Å². The average Bonchev–Trinajstić information content (AvgIpc) is 3.35. The van der Waals surface area contributed by atoms with Crippen LogP contribution in [0.1, 0.15) is 23.8 Å². The molecule has 190 valence electrons. The number of hydrogen-bond donors (Lipinski definition) is 5. The lowest BCUT2D eigenvalue weighted by Gasteiger charge is -2.17. The second kappa shape index (κ2) is 9.35. The standard InChI is InChI=1S/C23H25ClN5O6P/c1-11-3-4-12(2)15-9-13(5-6-14(11)15)26-20-17-21(28-23(24)27-20)29(10-25-17)22-19(31)18(30)16(35-22)7-8-36(32,33)34/h3-6,9-10,16,18-19,22,30-31H,7-8H2,1-2H3,(H,26,27,28)(H2,32,33,34). The number of rotatable bonds is 6. The summed E-state index contributed by atoms with van der Waals surface area (Å²) in [7, 11) is -4.29. The molecule has 2 aromatic heterocycles. The van der Waals surface area contributed by atoms with Crippen LogP contribution in [0.2, 0.25) is 5.28 Å². The van der Waals surface area contributed by atoms with E-state index in [9.17, 15) is 14.8 Å². The number of imidazole rings is 1. The highest BCUT2D eigenvalue weighted by molar-refractivity contribution is 7.51. The van der Waals surface area contributed by atoms with Crippen molar-refractivity contribution in [2.45, 2.75) is 44.8 Å². The van der Waals surface area contributed by atoms with E-state index in [1.165, 1.54) is 16.5 Å². The van der Waals surface area contributed by atoms with E-state index in [0.29, 0.717) is 11.3 Å². The molecule has 0 spiro atoms. The first-order valence-electron chi connectivity index (χ1n) is 11.2. The van der Waals surface area contributed by atoms with Gasteiger partial charge in [-0.05, 0) is 65.9 Å². The van der Waals surface area contributed by atoms with Gasteiger partial charge in [0.05, 0.1) is 18.6 Å². The quantitative estimate of drug-likeness (QED) is 0.184. The number of hydrogen-bond acceptors (Lipinski definition) is 8. The number of aryl methyl sites for hydroxylation is 2. The number of nitrogens with one attached hydrogen (secondary N) is 1. The van der Waals surface area contributed by atoms with Gasteiger partial charge in [0.15, 0.2) is 23.2 Å². The summed E-state index contributed by atoms with van der Waals surface area (Å²) < 4.78 is 18.4. The Labute approximate surface area is 210 Å². The molecule has 0 radical (unpaired) electrons. The number of benzene rings is 2. The van der Waals surface area contributed by atoms with Gasteiger partial charge in [-0.2, -0.15) is 9.97 Å². The molecule has 3 heterocycles. The van der Waals surface area contributed by atoms with Crippen molar-refractivity contribution in [3.63, 3.8) is 0 Å². The Morgan fingerprint density at radius 3 is 2.53 bits per heavy atom. The maximum absolute atomic E-state index is 11.2. The third-order valence-corrected chi connectivity index (χ3v) is 7.44. The van der Waals surface area contributed by atoms with Gasteiger partial charge < -0.3 is 30.1 Å². The van der Waals surface area contributed by atoms with Crippen molar-refractivity contribution >= 4 is 52.6 Å². The minimum absolute atomic E-state index is 0.0642. The van der Waals surface area contributed by atoms with E-state index in [2.05, 4.69) is 39.3 Å². The maximum atomic E-state index is 11.2. The molecule has 5 rings (SSSR count). The minimum atomic E-state index is -4.29. The Balaban J connectivity index is 1.47. The van der Waals surface area contributed by atoms with E-state index >= 15 is 0 Å². The smallest absolute Gasteiger partial charge is 0.325 e. The lowest BCUT2D eigenvalue weighted by molar-refractivity contribution is -0.0355. The molecular formula is C23H25ClN5O6P. The molecule has 0 bridgehead atoms. The zero-order valence-corrected chi connectivity index (χ0v) is 21.1. The average molecular weight is 534 g/mol. The number of ether oxygens (including phenoxy) is 1. The van der Waals surface area contributed by atoms with Crippen molar-refractivity contribution in [2.24, 2.45) is 0 Å². The fourth-order valence-electron chi connectivity index (χ4n) is 4.51. The molecule has 1 aliphatic heterocycles. The topological polar surface area (TPSA) is 163 Å². The van der Waals surface area contributed by atoms with E-state index < -0.39 is 38.3 Å². The predicted octanol–water partition coefficient (Wildman–Crippen LogP) is 3.18. The highest BCUT2D eigenvalue weighted by Crippen LogP contribution is 2.40. The Kier molecular flexibility index (Phi) is 6.50. The first kappa shape index (κ1) is 25.0. The van der Waals surface area contributed by atoms with Gasteiger partial charge in [0.25, 0.3) is 0 Å². The summed E-state index contributed by atoms with van der Waals surface area (Å²) in [6.07, 6.45) is -4.01. The second-order valence-electron chi connectivity index (χ2n) is 8.97. The lowest BCUT2D eigenvalue weighted by Crippen LogP contribution is -2.31. The largest absolute Gasteiger partial charge is 0.388 e. The van der Waals surface area contributed by atoms with Gasteiger partial charge in [-0.1, -0.05) is 18.2 Å². The van der Waals surface area contributed by atoms with E-state index in [0.717, 1.165) is 22.0 Å². The highest BCUT2D eigenvalue weighted by atomic mass is 35.5. The third-order valence-electron chi connectivity index (χ3n) is 6.43. The van der Waals surface area contributed by atoms with Crippen molar-refractivity contribution in [2.75, 3.05) is 11.5 Å². The summed E-state index contributed by atoms with van der Waals surface area (Å²) in [5, 5.41) is 26.4. The summed E-state index contributed by atoms with van der Waals surface area (Å²) in [5.41, 5.74) is 3.70. The fraction of sp³-hybridized carbons (Fsp3) is 0.348. The number of aliphatic hydroxyl groups excluding tert-OH is 2. The van der Waals surface area contributed by atoms with Crippen molar-refractivity contribution in [1.29, 1.82) is 0 Å². The molecule has 1 fully saturated rings. The predicted molar refractivity (Wildman–Crippen MR) is 134 cm³/mol. The van der Waals surface area contributed by atoms with Crippen LogP contribution in [0.5, 0.6) is 0 Å². The first-order chi connectivity index (χ1) is 17.0. The van der Waals surface area contributed by atoms with Crippen molar-refractivity contribution in [3.8, 4) is 0 Å². The molecule has 1 saturated heterocycles. The van der Waals surface area contributed by atoms with E-state index in [-0.39, 0.29) is 17.4 Å². The van der Waals surface area contributed by atoms with E-state index in [4.69, 9.17) is 26.1 Å². The molecule has 0 saturated carbocycles. The van der Waals surface area contributed by atoms with Gasteiger partial charge in [0.2, 0.25) is 5.28 Å². The molecule has 11 nitrogen and oxygen atoms in total. The Morgan fingerprint density at radius 1 is 1.08 bits per heavy atom. The van der Waals surface area contributed by atoms with Gasteiger partial charge in [-0.15, -0.1) is 0 Å². The molecule has 2 aromatic carbocycles. The zero-order chi connectivity index (χ0) is 25.8. The summed E-state index contributed by atoms with van der Waals surface area (Å²) in [6.45, 7) is 4.10. The number of nitrogens with zero attached hydrogens (tertiary/aromatic N) is 4. The number of aliphatic hydroxyl groups is 2. The lowest BCUT2D eigenvalue weighted by atomic mass is 10.0. The van der Waals surface area contributed by atoms with Crippen LogP contribution in [-0.4, -0.2) is 64.0 Å². The monoisotopic (exact) mass is 533 g/mol. The van der Waals surface area contributed by atoms with Crippen LogP contribution in [0.3, 0.4) is 0 Å². The van der Waals surface area contributed by atoms with Crippen LogP contribution in [0.4, 0.5) is 11.5 Å². The van der Waals surface area contributed by atoms with Crippen LogP contribution in [0.15, 0.2) is 36.7 Å². The number of aromatic nitrogens is 4. The molecule has 0 amide bonds. The van der Waals surface area contributed by atoms with Gasteiger partial charge in [-0.25, -0.2) is 4.98 Å². The Hall–Kier alpha value is -2.63. The normalized spacial score (nSPS) is 22.5. The van der Waals surface area contributed by atoms with Crippen LogP contribution in [0.25, 0.3) is 21.9 Å². The van der Waals surface area contributed by atoms with Crippen molar-refractivity contribution in [1.82, 2.24) is 19.5 Å². The summed E-state index contributed by atoms with van der Waals surface area (Å²) in [6, 6.07) is 10.1. The van der Waals surface area contributed by atoms with Crippen molar-refractivity contribution in [3.05, 3.63) is 53.1 Å². The molecule has 5 N–H and O–H groups in total. The van der Waals surface area contributed by atoms with Gasteiger partial charge in [-0.3, -0.25) is 9.13 Å². The Morgan fingerprint density at radius 2 is 1.81 bits per heavy atom. The van der Waals surface area contributed by atoms with Gasteiger partial charge in [0, 0.05) is 5.69 Å². The van der Waals surface area contributed by atoms with E-state index in [1.54, 1.807) is 0 Å². The second-order valence-corrected chi connectivity index (χ2v) is 11.1. The van der Waals surface area contributed by atoms with Crippen LogP contribution in [0, 0.1) is 13.8 Å². The summed E-state index contributed by atoms with van der Waals surface area (Å²) in [4.78, 5) is 31.2. The number of halogens is 1. The van der Waals surface area contributed by atoms with Gasteiger partial charge in [0.1, 0.15) is 12.2 Å². The van der Waals surface area contributed by atoms with Gasteiger partial charge >= 0.3 is 7.60 Å². The first-order valence-corrected chi connectivity index (χ1v) is 13.4. The third kappa shape index (κ3) is 4.71. The SMILES string of the molecule is Cc1ccc(C)c2cc(Nc3nc(Cl)nc4c3ncn4C3OC(CCP(=O)(O)O)C(O)C3O)ccc12. The molecular weight excluding hydrogens is 509 g/mol. The molecule has 1 aliphatic rings. The summed E-state index contributed by atoms with van der Waals surface area (Å²) in [5.74, 6) is 0.347. The van der Waals surface area contributed by atoms with Crippen LogP contribution >= 0.6 is 19.2 Å². The molecule has 36 heavy (non-hydrogen) atoms. The number of anilines is 2. The zero-order valence-electron chi connectivity index (χ0n) is 19.4. The maximum Gasteiger partial charge on any atom is 0.325 e. The molecule has 4 unspecified atom stereocenters. The van der Waals surface area contributed by atoms with Crippen molar-refractivity contribution < 1.29 is 29.3 Å². The Bertz CT molecular complexity index is 1510. The fourth-order valence-corrected chi connectivity index (χ4v) is 5.27.